The van der Waals surface area contributed by atoms with Gasteiger partial charge < -0.3 is 10.1 Å². The molecule has 1 aliphatic carbocycles. The first-order valence-corrected chi connectivity index (χ1v) is 9.97. The molecule has 0 aromatic heterocycles. The smallest absolute Gasteiger partial charge is 0.261 e. The zero-order valence-corrected chi connectivity index (χ0v) is 16.4. The van der Waals surface area contributed by atoms with Crippen LogP contribution in [0.1, 0.15) is 84.6 Å². The minimum absolute atomic E-state index is 0.0352. The second-order valence-electron chi connectivity index (χ2n) is 8.34. The molecule has 25 heavy (non-hydrogen) atoms. The van der Waals surface area contributed by atoms with Gasteiger partial charge in [0.05, 0.1) is 0 Å². The molecule has 1 saturated carbocycles. The summed E-state index contributed by atoms with van der Waals surface area (Å²) >= 11 is 0. The minimum Gasteiger partial charge on any atom is -0.481 e. The molecule has 0 heterocycles. The molecule has 1 aromatic rings. The summed E-state index contributed by atoms with van der Waals surface area (Å²) < 4.78 is 5.98. The predicted molar refractivity (Wildman–Crippen MR) is 104 cm³/mol. The Hall–Kier alpha value is -1.51. The van der Waals surface area contributed by atoms with Crippen molar-refractivity contribution in [2.75, 3.05) is 0 Å². The van der Waals surface area contributed by atoms with E-state index in [1.54, 1.807) is 0 Å². The third-order valence-corrected chi connectivity index (χ3v) is 5.11. The van der Waals surface area contributed by atoms with Gasteiger partial charge in [0.25, 0.3) is 5.91 Å². The molecule has 2 rings (SSSR count). The number of rotatable bonds is 5. The highest BCUT2D eigenvalue weighted by atomic mass is 16.5. The van der Waals surface area contributed by atoms with E-state index >= 15 is 0 Å². The highest BCUT2D eigenvalue weighted by Crippen LogP contribution is 2.25. The Labute approximate surface area is 153 Å². The van der Waals surface area contributed by atoms with Crippen LogP contribution in [-0.2, 0) is 10.2 Å². The highest BCUT2D eigenvalue weighted by molar-refractivity contribution is 5.81. The maximum Gasteiger partial charge on any atom is 0.261 e. The molecule has 1 unspecified atom stereocenters. The van der Waals surface area contributed by atoms with Gasteiger partial charge in [-0.3, -0.25) is 4.79 Å². The number of carbonyl (C=O) groups is 1. The molecule has 140 valence electrons. The van der Waals surface area contributed by atoms with Crippen molar-refractivity contribution in [3.05, 3.63) is 29.8 Å². The van der Waals surface area contributed by atoms with E-state index in [4.69, 9.17) is 4.74 Å². The van der Waals surface area contributed by atoms with Crippen molar-refractivity contribution < 1.29 is 9.53 Å². The third-order valence-electron chi connectivity index (χ3n) is 5.11. The van der Waals surface area contributed by atoms with Gasteiger partial charge in [-0.1, -0.05) is 71.9 Å². The first kappa shape index (κ1) is 19.8. The first-order valence-electron chi connectivity index (χ1n) is 9.97. The minimum atomic E-state index is -0.411. The van der Waals surface area contributed by atoms with Crippen LogP contribution in [0.15, 0.2) is 24.3 Å². The number of hydrogen-bond acceptors (Lipinski definition) is 2. The fourth-order valence-corrected chi connectivity index (χ4v) is 3.41. The van der Waals surface area contributed by atoms with Gasteiger partial charge in [-0.15, -0.1) is 0 Å². The Morgan fingerprint density at radius 1 is 1.08 bits per heavy atom. The Balaban J connectivity index is 1.92. The predicted octanol–water partition coefficient (Wildman–Crippen LogP) is 5.37. The second kappa shape index (κ2) is 9.26. The van der Waals surface area contributed by atoms with Crippen molar-refractivity contribution in [2.24, 2.45) is 0 Å². The monoisotopic (exact) mass is 345 g/mol. The van der Waals surface area contributed by atoms with Crippen LogP contribution in [-0.4, -0.2) is 18.1 Å². The van der Waals surface area contributed by atoms with Gasteiger partial charge in [0.2, 0.25) is 0 Å². The quantitative estimate of drug-likeness (QED) is 0.779. The van der Waals surface area contributed by atoms with Crippen LogP contribution in [0.3, 0.4) is 0 Å². The van der Waals surface area contributed by atoms with E-state index in [1.165, 1.54) is 37.7 Å². The summed E-state index contributed by atoms with van der Waals surface area (Å²) in [4.78, 5) is 12.6. The molecule has 0 radical (unpaired) electrons. The van der Waals surface area contributed by atoms with Crippen LogP contribution >= 0.6 is 0 Å². The zero-order chi connectivity index (χ0) is 18.3. The van der Waals surface area contributed by atoms with E-state index in [9.17, 15) is 4.79 Å². The van der Waals surface area contributed by atoms with Crippen LogP contribution in [0.5, 0.6) is 5.75 Å². The van der Waals surface area contributed by atoms with Crippen molar-refractivity contribution in [2.45, 2.75) is 96.6 Å². The largest absolute Gasteiger partial charge is 0.481 e. The molecule has 0 spiro atoms. The summed E-state index contributed by atoms with van der Waals surface area (Å²) in [5.74, 6) is 0.806. The van der Waals surface area contributed by atoms with Gasteiger partial charge in [-0.25, -0.2) is 0 Å². The molecular weight excluding hydrogens is 310 g/mol. The summed E-state index contributed by atoms with van der Waals surface area (Å²) in [5.41, 5.74) is 1.39. The maximum absolute atomic E-state index is 12.6. The van der Waals surface area contributed by atoms with Gasteiger partial charge in [0, 0.05) is 6.04 Å². The molecule has 3 nitrogen and oxygen atoms in total. The number of carbonyl (C=O) groups excluding carboxylic acids is 1. The molecule has 1 atom stereocenters. The Kier molecular flexibility index (Phi) is 7.34. The van der Waals surface area contributed by atoms with Crippen LogP contribution in [0.2, 0.25) is 0 Å². The fourth-order valence-electron chi connectivity index (χ4n) is 3.41. The number of ether oxygens (including phenoxy) is 1. The Morgan fingerprint density at radius 2 is 1.64 bits per heavy atom. The molecule has 1 aliphatic rings. The van der Waals surface area contributed by atoms with Crippen LogP contribution < -0.4 is 10.1 Å². The molecule has 0 bridgehead atoms. The second-order valence-corrected chi connectivity index (χ2v) is 8.34. The highest BCUT2D eigenvalue weighted by Gasteiger charge is 2.22. The normalized spacial score (nSPS) is 18.1. The summed E-state index contributed by atoms with van der Waals surface area (Å²) in [6.07, 6.45) is 8.83. The lowest BCUT2D eigenvalue weighted by Gasteiger charge is -2.24. The van der Waals surface area contributed by atoms with Crippen molar-refractivity contribution in [3.63, 3.8) is 0 Å². The molecule has 1 aromatic carbocycles. The first-order chi connectivity index (χ1) is 11.9. The van der Waals surface area contributed by atoms with Crippen molar-refractivity contribution in [3.8, 4) is 5.75 Å². The zero-order valence-electron chi connectivity index (χ0n) is 16.4. The molecule has 1 N–H and O–H groups in total. The van der Waals surface area contributed by atoms with E-state index in [2.05, 4.69) is 38.2 Å². The molecule has 0 aliphatic heterocycles. The molecular formula is C22H35NO2. The van der Waals surface area contributed by atoms with E-state index in [0.29, 0.717) is 12.5 Å². The Bertz CT molecular complexity index is 522. The van der Waals surface area contributed by atoms with Gasteiger partial charge in [0.1, 0.15) is 5.75 Å². The van der Waals surface area contributed by atoms with Gasteiger partial charge in [-0.05, 0) is 42.4 Å². The third kappa shape index (κ3) is 6.37. The van der Waals surface area contributed by atoms with Crippen molar-refractivity contribution in [1.82, 2.24) is 5.32 Å². The van der Waals surface area contributed by atoms with Crippen LogP contribution in [0.25, 0.3) is 0 Å². The average Bonchev–Trinajstić information content (AvgIpc) is 2.54. The van der Waals surface area contributed by atoms with E-state index in [-0.39, 0.29) is 11.3 Å². The number of benzene rings is 1. The molecule has 1 fully saturated rings. The SMILES string of the molecule is CCC(Oc1ccc(C(C)(C)C)cc1)C(=O)NC1CCCCCCC1. The Morgan fingerprint density at radius 3 is 2.16 bits per heavy atom. The van der Waals surface area contributed by atoms with Crippen molar-refractivity contribution in [1.29, 1.82) is 0 Å². The average molecular weight is 346 g/mol. The van der Waals surface area contributed by atoms with Gasteiger partial charge >= 0.3 is 0 Å². The number of nitrogens with one attached hydrogen (secondary N) is 1. The molecule has 1 amide bonds. The van der Waals surface area contributed by atoms with Crippen molar-refractivity contribution >= 4 is 5.91 Å². The summed E-state index contributed by atoms with van der Waals surface area (Å²) in [6, 6.07) is 8.45. The van der Waals surface area contributed by atoms with Gasteiger partial charge in [0.15, 0.2) is 6.10 Å². The lowest BCUT2D eigenvalue weighted by molar-refractivity contribution is -0.129. The topological polar surface area (TPSA) is 38.3 Å². The standard InChI is InChI=1S/C22H35NO2/c1-5-20(21(24)23-18-11-9-7-6-8-10-12-18)25-19-15-13-17(14-16-19)22(2,3)4/h13-16,18,20H,5-12H2,1-4H3,(H,23,24). The van der Waals surface area contributed by atoms with E-state index in [0.717, 1.165) is 18.6 Å². The number of amides is 1. The summed E-state index contributed by atoms with van der Waals surface area (Å²) in [5, 5.41) is 3.23. The number of hydrogen-bond donors (Lipinski definition) is 1. The molecule has 3 heteroatoms. The van der Waals surface area contributed by atoms with Gasteiger partial charge in [-0.2, -0.15) is 0 Å². The lowest BCUT2D eigenvalue weighted by atomic mass is 9.87. The maximum atomic E-state index is 12.6. The van der Waals surface area contributed by atoms with Crippen LogP contribution in [0.4, 0.5) is 0 Å². The summed E-state index contributed by atoms with van der Waals surface area (Å²) in [6.45, 7) is 8.59. The van der Waals surface area contributed by atoms with Crippen LogP contribution in [0, 0.1) is 0 Å². The van der Waals surface area contributed by atoms with E-state index < -0.39 is 6.10 Å². The lowest BCUT2D eigenvalue weighted by Crippen LogP contribution is -2.43. The fraction of sp³-hybridized carbons (Fsp3) is 0.682. The summed E-state index contributed by atoms with van der Waals surface area (Å²) in [7, 11) is 0. The molecule has 0 saturated heterocycles. The van der Waals surface area contributed by atoms with E-state index in [1.807, 2.05) is 19.1 Å².